The Labute approximate surface area is 149 Å². The number of hydrogen-bond donors (Lipinski definition) is 1. The van der Waals surface area contributed by atoms with Gasteiger partial charge in [-0.3, -0.25) is 0 Å². The summed E-state index contributed by atoms with van der Waals surface area (Å²) >= 11 is 21.5. The van der Waals surface area contributed by atoms with E-state index in [0.717, 1.165) is 26.8 Å². The van der Waals surface area contributed by atoms with Gasteiger partial charge in [-0.05, 0) is 63.0 Å². The van der Waals surface area contributed by atoms with E-state index >= 15 is 0 Å². The van der Waals surface area contributed by atoms with Gasteiger partial charge >= 0.3 is 0 Å². The first-order valence-corrected chi connectivity index (χ1v) is 9.32. The number of halogens is 4. The molecule has 1 heterocycles. The summed E-state index contributed by atoms with van der Waals surface area (Å²) in [6.07, 6.45) is 1.05. The van der Waals surface area contributed by atoms with Gasteiger partial charge in [-0.2, -0.15) is 0 Å². The Kier molecular flexibility index (Phi) is 6.39. The zero-order valence-electron chi connectivity index (χ0n) is 10.7. The van der Waals surface area contributed by atoms with E-state index in [9.17, 15) is 0 Å². The van der Waals surface area contributed by atoms with E-state index in [1.54, 1.807) is 11.3 Å². The van der Waals surface area contributed by atoms with Crippen LogP contribution in [0.3, 0.4) is 0 Å². The molecule has 108 valence electrons. The third kappa shape index (κ3) is 3.79. The van der Waals surface area contributed by atoms with Crippen LogP contribution < -0.4 is 5.32 Å². The summed E-state index contributed by atoms with van der Waals surface area (Å²) in [5.41, 5.74) is 0.936. The van der Waals surface area contributed by atoms with Crippen LogP contribution in [0.15, 0.2) is 32.5 Å². The molecule has 0 aliphatic rings. The van der Waals surface area contributed by atoms with Crippen LogP contribution in [0.2, 0.25) is 10.0 Å². The molecule has 0 aliphatic heterocycles. The smallest absolute Gasteiger partial charge is 0.0843 e. The number of hydrogen-bond acceptors (Lipinski definition) is 2. The second kappa shape index (κ2) is 7.61. The van der Waals surface area contributed by atoms with Gasteiger partial charge in [-0.25, -0.2) is 0 Å². The van der Waals surface area contributed by atoms with Gasteiger partial charge in [0.15, 0.2) is 0 Å². The van der Waals surface area contributed by atoms with Gasteiger partial charge in [0.1, 0.15) is 0 Å². The summed E-state index contributed by atoms with van der Waals surface area (Å²) in [4.78, 5) is 1.17. The molecule has 0 bridgehead atoms. The molecule has 0 spiro atoms. The van der Waals surface area contributed by atoms with Crippen LogP contribution >= 0.6 is 66.4 Å². The highest BCUT2D eigenvalue weighted by Crippen LogP contribution is 2.41. The molecular weight excluding hydrogens is 445 g/mol. The van der Waals surface area contributed by atoms with Crippen molar-refractivity contribution in [3.8, 4) is 0 Å². The molecule has 1 nitrogen and oxygen atoms in total. The van der Waals surface area contributed by atoms with Crippen molar-refractivity contribution in [2.24, 2.45) is 0 Å². The van der Waals surface area contributed by atoms with E-state index in [1.807, 2.05) is 18.2 Å². The fourth-order valence-electron chi connectivity index (χ4n) is 1.93. The zero-order valence-corrected chi connectivity index (χ0v) is 16.2. The normalized spacial score (nSPS) is 12.7. The fourth-order valence-corrected chi connectivity index (χ4v) is 4.72. The third-order valence-electron chi connectivity index (χ3n) is 2.84. The molecule has 20 heavy (non-hydrogen) atoms. The minimum atomic E-state index is 0.00347. The topological polar surface area (TPSA) is 12.0 Å². The summed E-state index contributed by atoms with van der Waals surface area (Å²) in [6, 6.07) is 7.72. The van der Waals surface area contributed by atoms with Gasteiger partial charge < -0.3 is 5.32 Å². The first-order valence-electron chi connectivity index (χ1n) is 6.16. The summed E-state index contributed by atoms with van der Waals surface area (Å²) in [6.45, 7) is 3.04. The maximum absolute atomic E-state index is 6.36. The van der Waals surface area contributed by atoms with Crippen molar-refractivity contribution in [1.82, 2.24) is 5.32 Å². The summed E-state index contributed by atoms with van der Waals surface area (Å²) < 4.78 is 2.11. The highest BCUT2D eigenvalue weighted by molar-refractivity contribution is 9.13. The maximum atomic E-state index is 6.36. The molecule has 1 aromatic heterocycles. The molecule has 6 heteroatoms. The molecule has 0 saturated carbocycles. The van der Waals surface area contributed by atoms with Crippen molar-refractivity contribution in [2.45, 2.75) is 19.4 Å². The van der Waals surface area contributed by atoms with Gasteiger partial charge in [0.05, 0.1) is 9.83 Å². The molecule has 0 radical (unpaired) electrons. The second-order valence-electron chi connectivity index (χ2n) is 4.29. The second-order valence-corrected chi connectivity index (χ2v) is 8.36. The first kappa shape index (κ1) is 16.8. The van der Waals surface area contributed by atoms with Crippen molar-refractivity contribution >= 4 is 66.4 Å². The van der Waals surface area contributed by atoms with Crippen LogP contribution in [0.1, 0.15) is 29.8 Å². The van der Waals surface area contributed by atoms with Crippen LogP contribution in [0.25, 0.3) is 0 Å². The number of benzene rings is 1. The summed E-state index contributed by atoms with van der Waals surface area (Å²) in [7, 11) is 0. The Morgan fingerprint density at radius 3 is 2.40 bits per heavy atom. The van der Waals surface area contributed by atoms with Crippen LogP contribution in [-0.2, 0) is 0 Å². The Morgan fingerprint density at radius 1 is 1.25 bits per heavy atom. The predicted molar refractivity (Wildman–Crippen MR) is 96.3 cm³/mol. The quantitative estimate of drug-likeness (QED) is 0.528. The molecule has 1 unspecified atom stereocenters. The lowest BCUT2D eigenvalue weighted by atomic mass is 10.0. The van der Waals surface area contributed by atoms with Gasteiger partial charge in [0, 0.05) is 25.0 Å². The molecule has 0 amide bonds. The van der Waals surface area contributed by atoms with Crippen LogP contribution in [-0.4, -0.2) is 6.54 Å². The van der Waals surface area contributed by atoms with E-state index in [0.29, 0.717) is 10.0 Å². The third-order valence-corrected chi connectivity index (χ3v) is 6.82. The van der Waals surface area contributed by atoms with Gasteiger partial charge in [0.2, 0.25) is 0 Å². The fraction of sp³-hybridized carbons (Fsp3) is 0.286. The summed E-state index contributed by atoms with van der Waals surface area (Å²) in [5.74, 6) is 0. The zero-order chi connectivity index (χ0) is 14.7. The number of rotatable bonds is 5. The van der Waals surface area contributed by atoms with Gasteiger partial charge in [-0.1, -0.05) is 36.2 Å². The maximum Gasteiger partial charge on any atom is 0.0843 e. The molecule has 0 aliphatic carbocycles. The molecule has 2 aromatic rings. The van der Waals surface area contributed by atoms with Crippen molar-refractivity contribution in [3.63, 3.8) is 0 Å². The average molecular weight is 458 g/mol. The monoisotopic (exact) mass is 455 g/mol. The average Bonchev–Trinajstić information content (AvgIpc) is 2.73. The van der Waals surface area contributed by atoms with E-state index in [4.69, 9.17) is 23.2 Å². The molecule has 1 N–H and O–H groups in total. The lowest BCUT2D eigenvalue weighted by Crippen LogP contribution is -2.23. The minimum Gasteiger partial charge on any atom is -0.306 e. The van der Waals surface area contributed by atoms with Crippen molar-refractivity contribution in [1.29, 1.82) is 0 Å². The van der Waals surface area contributed by atoms with Crippen LogP contribution in [0.5, 0.6) is 0 Å². The Bertz CT molecular complexity index is 561. The molecule has 1 aromatic carbocycles. The van der Waals surface area contributed by atoms with E-state index in [2.05, 4.69) is 50.2 Å². The van der Waals surface area contributed by atoms with Crippen molar-refractivity contribution in [2.75, 3.05) is 6.54 Å². The molecule has 0 fully saturated rings. The summed E-state index contributed by atoms with van der Waals surface area (Å²) in [5, 5.41) is 4.90. The number of thiophene rings is 1. The minimum absolute atomic E-state index is 0.00347. The van der Waals surface area contributed by atoms with Gasteiger partial charge in [0.25, 0.3) is 0 Å². The van der Waals surface area contributed by atoms with E-state index in [1.165, 1.54) is 4.88 Å². The first-order chi connectivity index (χ1) is 9.54. The van der Waals surface area contributed by atoms with Crippen LogP contribution in [0.4, 0.5) is 0 Å². The van der Waals surface area contributed by atoms with Crippen molar-refractivity contribution < 1.29 is 0 Å². The van der Waals surface area contributed by atoms with Crippen molar-refractivity contribution in [3.05, 3.63) is 53.0 Å². The van der Waals surface area contributed by atoms with Gasteiger partial charge in [-0.15, -0.1) is 11.3 Å². The molecule has 0 saturated heterocycles. The largest absolute Gasteiger partial charge is 0.306 e. The highest BCUT2D eigenvalue weighted by atomic mass is 79.9. The lowest BCUT2D eigenvalue weighted by Gasteiger charge is -2.20. The Morgan fingerprint density at radius 2 is 1.90 bits per heavy atom. The highest BCUT2D eigenvalue weighted by Gasteiger charge is 2.22. The van der Waals surface area contributed by atoms with E-state index < -0.39 is 0 Å². The molecule has 1 atom stereocenters. The Balaban J connectivity index is 2.47. The molecular formula is C14H13Br2Cl2NS. The standard InChI is InChI=1S/C14H13Br2Cl2NS/c1-2-6-19-13(11-7-8(15)14(16)20-11)12-9(17)4-3-5-10(12)18/h3-5,7,13,19H,2,6H2,1H3. The Hall–Kier alpha value is 0.420. The van der Waals surface area contributed by atoms with E-state index in [-0.39, 0.29) is 6.04 Å². The SMILES string of the molecule is CCCNC(c1cc(Br)c(Br)s1)c1c(Cl)cccc1Cl. The molecule has 2 rings (SSSR count). The van der Waals surface area contributed by atoms with Crippen LogP contribution in [0, 0.1) is 0 Å². The predicted octanol–water partition coefficient (Wildman–Crippen LogP) is 6.67. The number of nitrogens with one attached hydrogen (secondary N) is 1. The lowest BCUT2D eigenvalue weighted by molar-refractivity contribution is 0.606.